The van der Waals surface area contributed by atoms with Gasteiger partial charge in [0.15, 0.2) is 0 Å². The Balaban J connectivity index is 2.04. The molecular weight excluding hydrogens is 269 g/mol. The zero-order valence-corrected chi connectivity index (χ0v) is 10.4. The molecule has 0 aliphatic heterocycles. The molecule has 1 aromatic carbocycles. The highest BCUT2D eigenvalue weighted by molar-refractivity contribution is 5.87. The SMILES string of the molecule is N#Cc1cn(CC2CC2)c2cc(OC(F)(F)F)ccc12. The van der Waals surface area contributed by atoms with E-state index in [-0.39, 0.29) is 5.75 Å². The number of fused-ring (bicyclic) bond motifs is 1. The molecule has 20 heavy (non-hydrogen) atoms. The topological polar surface area (TPSA) is 38.0 Å². The summed E-state index contributed by atoms with van der Waals surface area (Å²) in [6, 6.07) is 6.14. The molecule has 0 amide bonds. The van der Waals surface area contributed by atoms with Crippen LogP contribution in [0.25, 0.3) is 10.9 Å². The minimum absolute atomic E-state index is 0.260. The summed E-state index contributed by atoms with van der Waals surface area (Å²) >= 11 is 0. The zero-order chi connectivity index (χ0) is 14.3. The smallest absolute Gasteiger partial charge is 0.406 e. The highest BCUT2D eigenvalue weighted by Crippen LogP contribution is 2.34. The molecule has 3 nitrogen and oxygen atoms in total. The average Bonchev–Trinajstić information content (AvgIpc) is 3.10. The molecule has 1 fully saturated rings. The maximum absolute atomic E-state index is 12.3. The molecule has 0 unspecified atom stereocenters. The number of halogens is 3. The second-order valence-corrected chi connectivity index (χ2v) is 4.98. The van der Waals surface area contributed by atoms with E-state index in [0.717, 1.165) is 19.4 Å². The lowest BCUT2D eigenvalue weighted by Gasteiger charge is -2.10. The second kappa shape index (κ2) is 4.44. The van der Waals surface area contributed by atoms with Crippen molar-refractivity contribution in [1.82, 2.24) is 4.57 Å². The van der Waals surface area contributed by atoms with E-state index in [2.05, 4.69) is 10.8 Å². The molecule has 1 heterocycles. The molecule has 1 aliphatic rings. The van der Waals surface area contributed by atoms with Crippen molar-refractivity contribution in [1.29, 1.82) is 5.26 Å². The van der Waals surface area contributed by atoms with Crippen LogP contribution >= 0.6 is 0 Å². The molecule has 0 spiro atoms. The van der Waals surface area contributed by atoms with Crippen LogP contribution in [0, 0.1) is 17.2 Å². The summed E-state index contributed by atoms with van der Waals surface area (Å²) in [5.74, 6) is 0.300. The summed E-state index contributed by atoms with van der Waals surface area (Å²) in [5.41, 5.74) is 1.08. The number of hydrogen-bond donors (Lipinski definition) is 0. The first-order valence-corrected chi connectivity index (χ1v) is 6.25. The molecule has 1 aromatic heterocycles. The Labute approximate surface area is 113 Å². The van der Waals surface area contributed by atoms with Gasteiger partial charge in [0.1, 0.15) is 11.8 Å². The van der Waals surface area contributed by atoms with Gasteiger partial charge in [0.05, 0.1) is 11.1 Å². The maximum Gasteiger partial charge on any atom is 0.573 e. The number of ether oxygens (including phenoxy) is 1. The Hall–Kier alpha value is -2.16. The molecule has 0 radical (unpaired) electrons. The van der Waals surface area contributed by atoms with Crippen LogP contribution in [0.3, 0.4) is 0 Å². The molecule has 3 rings (SSSR count). The van der Waals surface area contributed by atoms with Crippen molar-refractivity contribution in [3.05, 3.63) is 30.0 Å². The normalized spacial score (nSPS) is 15.3. The molecule has 1 saturated carbocycles. The highest BCUT2D eigenvalue weighted by atomic mass is 19.4. The van der Waals surface area contributed by atoms with Crippen molar-refractivity contribution in [2.45, 2.75) is 25.7 Å². The van der Waals surface area contributed by atoms with Gasteiger partial charge in [0.2, 0.25) is 0 Å². The largest absolute Gasteiger partial charge is 0.573 e. The Bertz CT molecular complexity index is 693. The highest BCUT2D eigenvalue weighted by Gasteiger charge is 2.31. The first kappa shape index (κ1) is 12.9. The van der Waals surface area contributed by atoms with Crippen LogP contribution in [-0.2, 0) is 6.54 Å². The van der Waals surface area contributed by atoms with E-state index in [1.807, 2.05) is 4.57 Å². The van der Waals surface area contributed by atoms with Crippen molar-refractivity contribution in [2.24, 2.45) is 5.92 Å². The first-order valence-electron chi connectivity index (χ1n) is 6.25. The van der Waals surface area contributed by atoms with Crippen LogP contribution in [0.4, 0.5) is 13.2 Å². The van der Waals surface area contributed by atoms with Gasteiger partial charge < -0.3 is 9.30 Å². The van der Waals surface area contributed by atoms with Crippen molar-refractivity contribution in [2.75, 3.05) is 0 Å². The third-order valence-corrected chi connectivity index (χ3v) is 3.36. The van der Waals surface area contributed by atoms with Gasteiger partial charge in [0.25, 0.3) is 0 Å². The standard InChI is InChI=1S/C14H11F3N2O/c15-14(16,17)20-11-3-4-12-10(6-18)8-19(13(12)5-11)7-9-1-2-9/h3-5,8-9H,1-2,7H2. The van der Waals surface area contributed by atoms with E-state index in [1.54, 1.807) is 6.20 Å². The van der Waals surface area contributed by atoms with Crippen LogP contribution in [0.1, 0.15) is 18.4 Å². The van der Waals surface area contributed by atoms with Gasteiger partial charge in [-0.15, -0.1) is 13.2 Å². The summed E-state index contributed by atoms with van der Waals surface area (Å²) in [4.78, 5) is 0. The van der Waals surface area contributed by atoms with Crippen LogP contribution in [0.5, 0.6) is 5.75 Å². The molecule has 104 valence electrons. The number of benzene rings is 1. The lowest BCUT2D eigenvalue weighted by atomic mass is 10.2. The third kappa shape index (κ3) is 2.57. The number of rotatable bonds is 3. The Morgan fingerprint density at radius 1 is 1.35 bits per heavy atom. The second-order valence-electron chi connectivity index (χ2n) is 4.98. The number of nitriles is 1. The van der Waals surface area contributed by atoms with Gasteiger partial charge in [-0.05, 0) is 30.9 Å². The fourth-order valence-corrected chi connectivity index (χ4v) is 2.29. The van der Waals surface area contributed by atoms with Gasteiger partial charge in [0, 0.05) is 24.2 Å². The van der Waals surface area contributed by atoms with E-state index in [0.29, 0.717) is 22.4 Å². The molecular formula is C14H11F3N2O. The van der Waals surface area contributed by atoms with Crippen LogP contribution in [0.15, 0.2) is 24.4 Å². The fraction of sp³-hybridized carbons (Fsp3) is 0.357. The van der Waals surface area contributed by atoms with E-state index in [4.69, 9.17) is 5.26 Å². The molecule has 0 bridgehead atoms. The molecule has 0 saturated heterocycles. The quantitative estimate of drug-likeness (QED) is 0.857. The lowest BCUT2D eigenvalue weighted by Crippen LogP contribution is -2.17. The Morgan fingerprint density at radius 3 is 2.70 bits per heavy atom. The van der Waals surface area contributed by atoms with Crippen molar-refractivity contribution < 1.29 is 17.9 Å². The van der Waals surface area contributed by atoms with Crippen LogP contribution in [0.2, 0.25) is 0 Å². The number of alkyl halides is 3. The van der Waals surface area contributed by atoms with Gasteiger partial charge in [-0.25, -0.2) is 0 Å². The lowest BCUT2D eigenvalue weighted by molar-refractivity contribution is -0.274. The van der Waals surface area contributed by atoms with Gasteiger partial charge in [-0.2, -0.15) is 5.26 Å². The molecule has 0 atom stereocenters. The average molecular weight is 280 g/mol. The molecule has 0 N–H and O–H groups in total. The molecule has 1 aliphatic carbocycles. The van der Waals surface area contributed by atoms with Gasteiger partial charge >= 0.3 is 6.36 Å². The predicted molar refractivity (Wildman–Crippen MR) is 66.1 cm³/mol. The van der Waals surface area contributed by atoms with E-state index in [1.165, 1.54) is 18.2 Å². The third-order valence-electron chi connectivity index (χ3n) is 3.36. The summed E-state index contributed by atoms with van der Waals surface area (Å²) in [5, 5.41) is 9.74. The summed E-state index contributed by atoms with van der Waals surface area (Å²) in [6.45, 7) is 0.730. The predicted octanol–water partition coefficient (Wildman–Crippen LogP) is 3.82. The van der Waals surface area contributed by atoms with E-state index >= 15 is 0 Å². The van der Waals surface area contributed by atoms with E-state index < -0.39 is 6.36 Å². The molecule has 6 heteroatoms. The summed E-state index contributed by atoms with van der Waals surface area (Å²) < 4.78 is 42.5. The number of aromatic nitrogens is 1. The summed E-state index contributed by atoms with van der Waals surface area (Å²) in [6.07, 6.45) is -0.763. The monoisotopic (exact) mass is 280 g/mol. The maximum atomic E-state index is 12.3. The van der Waals surface area contributed by atoms with Gasteiger partial charge in [-0.3, -0.25) is 0 Å². The number of nitrogens with zero attached hydrogens (tertiary/aromatic N) is 2. The number of hydrogen-bond acceptors (Lipinski definition) is 2. The van der Waals surface area contributed by atoms with Crippen molar-refractivity contribution in [3.63, 3.8) is 0 Å². The van der Waals surface area contributed by atoms with E-state index in [9.17, 15) is 13.2 Å². The molecule has 2 aromatic rings. The minimum Gasteiger partial charge on any atom is -0.406 e. The van der Waals surface area contributed by atoms with Crippen LogP contribution in [-0.4, -0.2) is 10.9 Å². The Kier molecular flexibility index (Phi) is 2.85. The fourth-order valence-electron chi connectivity index (χ4n) is 2.29. The van der Waals surface area contributed by atoms with Gasteiger partial charge in [-0.1, -0.05) is 0 Å². The minimum atomic E-state index is -4.71. The van der Waals surface area contributed by atoms with Crippen molar-refractivity contribution in [3.8, 4) is 11.8 Å². The van der Waals surface area contributed by atoms with Crippen LogP contribution < -0.4 is 4.74 Å². The summed E-state index contributed by atoms with van der Waals surface area (Å²) in [7, 11) is 0. The Morgan fingerprint density at radius 2 is 2.10 bits per heavy atom. The van der Waals surface area contributed by atoms with Crippen molar-refractivity contribution >= 4 is 10.9 Å². The zero-order valence-electron chi connectivity index (χ0n) is 10.4. The first-order chi connectivity index (χ1) is 9.46.